The van der Waals surface area contributed by atoms with Crippen LogP contribution in [0, 0.1) is 11.6 Å². The molecule has 0 amide bonds. The first kappa shape index (κ1) is 22.5. The van der Waals surface area contributed by atoms with E-state index >= 15 is 8.78 Å². The molecule has 0 spiro atoms. The van der Waals surface area contributed by atoms with Crippen molar-refractivity contribution in [2.45, 2.75) is 63.4 Å². The van der Waals surface area contributed by atoms with Gasteiger partial charge in [0.15, 0.2) is 0 Å². The molecule has 0 bridgehead atoms. The van der Waals surface area contributed by atoms with Gasteiger partial charge in [0, 0.05) is 11.6 Å². The maximum absolute atomic E-state index is 15.1. The molecule has 0 unspecified atom stereocenters. The van der Waals surface area contributed by atoms with E-state index in [-0.39, 0.29) is 4.47 Å². The lowest BCUT2D eigenvalue weighted by Gasteiger charge is -2.45. The van der Waals surface area contributed by atoms with Gasteiger partial charge in [0.1, 0.15) is 22.8 Å². The van der Waals surface area contributed by atoms with Crippen molar-refractivity contribution in [3.63, 3.8) is 0 Å². The maximum Gasteiger partial charge on any atom is 0.298 e. The Morgan fingerprint density at radius 2 is 1.52 bits per heavy atom. The second-order valence-corrected chi connectivity index (χ2v) is 10.3. The minimum Gasteiger partial charge on any atom is -0.384 e. The van der Waals surface area contributed by atoms with Crippen molar-refractivity contribution in [1.82, 2.24) is 4.72 Å². The van der Waals surface area contributed by atoms with Crippen LogP contribution < -0.4 is 4.72 Å². The monoisotopic (exact) mass is 447 g/mol. The summed E-state index contributed by atoms with van der Waals surface area (Å²) in [5.74, 6) is -6.17. The standard InChI is InChI=1S/C16H22BrF4NO2S/c1-13(2,3)25(24)22-15(6,16(20,21)14(4,5)23)9-7-10(17)12(19)8-11(9)18/h7-8,22-23H,1-6H3/t15-,25-/m1/s1. The van der Waals surface area contributed by atoms with Gasteiger partial charge in [-0.05, 0) is 63.5 Å². The van der Waals surface area contributed by atoms with E-state index in [1.807, 2.05) is 0 Å². The highest BCUT2D eigenvalue weighted by molar-refractivity contribution is 9.10. The van der Waals surface area contributed by atoms with Crippen molar-refractivity contribution in [1.29, 1.82) is 0 Å². The molecule has 1 aromatic rings. The van der Waals surface area contributed by atoms with Crippen LogP contribution in [0.1, 0.15) is 47.1 Å². The molecule has 2 N–H and O–H groups in total. The molecule has 9 heteroatoms. The number of halogens is 5. The van der Waals surface area contributed by atoms with E-state index in [1.54, 1.807) is 20.8 Å². The van der Waals surface area contributed by atoms with Gasteiger partial charge in [-0.3, -0.25) is 0 Å². The summed E-state index contributed by atoms with van der Waals surface area (Å²) in [6, 6.07) is 1.32. The highest BCUT2D eigenvalue weighted by Gasteiger charge is 2.62. The third-order valence-electron chi connectivity index (χ3n) is 3.80. The Morgan fingerprint density at radius 3 is 1.92 bits per heavy atom. The first-order valence-corrected chi connectivity index (χ1v) is 9.34. The summed E-state index contributed by atoms with van der Waals surface area (Å²) in [6.45, 7) is 7.31. The zero-order chi connectivity index (χ0) is 20.0. The summed E-state index contributed by atoms with van der Waals surface area (Å²) in [4.78, 5) is 0. The third-order valence-corrected chi connectivity index (χ3v) is 6.11. The van der Waals surface area contributed by atoms with Crippen molar-refractivity contribution in [3.8, 4) is 0 Å². The van der Waals surface area contributed by atoms with Crippen LogP contribution in [0.15, 0.2) is 16.6 Å². The molecule has 0 aliphatic carbocycles. The minimum absolute atomic E-state index is 0.231. The van der Waals surface area contributed by atoms with E-state index in [9.17, 15) is 18.1 Å². The van der Waals surface area contributed by atoms with Crippen LogP contribution in [0.4, 0.5) is 17.6 Å². The topological polar surface area (TPSA) is 49.3 Å². The number of aliphatic hydroxyl groups is 1. The van der Waals surface area contributed by atoms with Gasteiger partial charge >= 0.3 is 0 Å². The number of nitrogens with one attached hydrogen (secondary N) is 1. The van der Waals surface area contributed by atoms with E-state index in [0.717, 1.165) is 26.8 Å². The summed E-state index contributed by atoms with van der Waals surface area (Å²) in [5, 5.41) is 9.98. The number of rotatable bonds is 5. The van der Waals surface area contributed by atoms with Gasteiger partial charge in [0.05, 0.1) is 20.2 Å². The van der Waals surface area contributed by atoms with Crippen molar-refractivity contribution in [2.24, 2.45) is 0 Å². The predicted octanol–water partition coefficient (Wildman–Crippen LogP) is 4.40. The molecule has 0 aliphatic heterocycles. The summed E-state index contributed by atoms with van der Waals surface area (Å²) < 4.78 is 71.7. The number of benzene rings is 1. The molecule has 0 heterocycles. The summed E-state index contributed by atoms with van der Waals surface area (Å²) in [7, 11) is -2.03. The van der Waals surface area contributed by atoms with Crippen LogP contribution in [0.5, 0.6) is 0 Å². The van der Waals surface area contributed by atoms with Gasteiger partial charge < -0.3 is 5.11 Å². The van der Waals surface area contributed by atoms with Crippen LogP contribution in [-0.4, -0.2) is 25.6 Å². The van der Waals surface area contributed by atoms with Gasteiger partial charge in [0.2, 0.25) is 0 Å². The van der Waals surface area contributed by atoms with Crippen LogP contribution >= 0.6 is 15.9 Å². The SMILES string of the molecule is CC(C)(C)[S@@](=O)N[C@](C)(c1cc(Br)c(F)cc1F)C(F)(F)C(C)(C)O. The predicted molar refractivity (Wildman–Crippen MR) is 93.7 cm³/mol. The lowest BCUT2D eigenvalue weighted by molar-refractivity contribution is -0.206. The van der Waals surface area contributed by atoms with Crippen LogP contribution in [-0.2, 0) is 16.5 Å². The Kier molecular flexibility index (Phi) is 6.22. The van der Waals surface area contributed by atoms with Crippen molar-refractivity contribution < 1.29 is 26.9 Å². The molecule has 144 valence electrons. The van der Waals surface area contributed by atoms with E-state index in [1.165, 1.54) is 0 Å². The average molecular weight is 448 g/mol. The van der Waals surface area contributed by atoms with Gasteiger partial charge in [0.25, 0.3) is 5.92 Å². The Morgan fingerprint density at radius 1 is 1.04 bits per heavy atom. The molecule has 25 heavy (non-hydrogen) atoms. The molecule has 0 saturated carbocycles. The maximum atomic E-state index is 15.1. The van der Waals surface area contributed by atoms with E-state index in [4.69, 9.17) is 0 Å². The molecule has 1 rings (SSSR count). The molecular formula is C16H22BrF4NO2S. The fraction of sp³-hybridized carbons (Fsp3) is 0.625. The normalized spacial score (nSPS) is 17.3. The quantitative estimate of drug-likeness (QED) is 0.518. The third kappa shape index (κ3) is 4.26. The smallest absolute Gasteiger partial charge is 0.298 e. The van der Waals surface area contributed by atoms with Gasteiger partial charge in [-0.15, -0.1) is 0 Å². The second-order valence-electron chi connectivity index (χ2n) is 7.49. The highest BCUT2D eigenvalue weighted by Crippen LogP contribution is 2.46. The molecule has 0 saturated heterocycles. The van der Waals surface area contributed by atoms with E-state index in [2.05, 4.69) is 20.7 Å². The summed E-state index contributed by atoms with van der Waals surface area (Å²) >= 11 is 2.84. The Hall–Kier alpha value is -0.510. The first-order valence-electron chi connectivity index (χ1n) is 7.40. The lowest BCUT2D eigenvalue weighted by Crippen LogP contribution is -2.64. The molecule has 0 radical (unpaired) electrons. The van der Waals surface area contributed by atoms with Crippen molar-refractivity contribution >= 4 is 26.9 Å². The Bertz CT molecular complexity index is 686. The Balaban J connectivity index is 3.71. The fourth-order valence-electron chi connectivity index (χ4n) is 2.14. The first-order chi connectivity index (χ1) is 10.9. The molecule has 3 nitrogen and oxygen atoms in total. The Labute approximate surface area is 155 Å². The van der Waals surface area contributed by atoms with Crippen LogP contribution in [0.2, 0.25) is 0 Å². The molecule has 0 aliphatic rings. The highest BCUT2D eigenvalue weighted by atomic mass is 79.9. The summed E-state index contributed by atoms with van der Waals surface area (Å²) in [5.41, 5.74) is -5.78. The van der Waals surface area contributed by atoms with Crippen LogP contribution in [0.3, 0.4) is 0 Å². The zero-order valence-corrected chi connectivity index (χ0v) is 17.2. The van der Waals surface area contributed by atoms with Gasteiger partial charge in [-0.2, -0.15) is 0 Å². The number of hydrogen-bond donors (Lipinski definition) is 2. The molecule has 1 aromatic carbocycles. The largest absolute Gasteiger partial charge is 0.384 e. The fourth-order valence-corrected chi connectivity index (χ4v) is 3.40. The minimum atomic E-state index is -3.96. The molecule has 2 atom stereocenters. The lowest BCUT2D eigenvalue weighted by atomic mass is 9.78. The van der Waals surface area contributed by atoms with Gasteiger partial charge in [-0.25, -0.2) is 26.5 Å². The number of hydrogen-bond acceptors (Lipinski definition) is 2. The molecule has 0 fully saturated rings. The molecular weight excluding hydrogens is 426 g/mol. The van der Waals surface area contributed by atoms with E-state index in [0.29, 0.717) is 6.07 Å². The van der Waals surface area contributed by atoms with Gasteiger partial charge in [-0.1, -0.05) is 0 Å². The number of alkyl halides is 2. The van der Waals surface area contributed by atoms with Crippen molar-refractivity contribution in [2.75, 3.05) is 0 Å². The average Bonchev–Trinajstić information content (AvgIpc) is 2.40. The molecule has 0 aromatic heterocycles. The van der Waals surface area contributed by atoms with Crippen molar-refractivity contribution in [3.05, 3.63) is 33.8 Å². The van der Waals surface area contributed by atoms with Crippen LogP contribution in [0.25, 0.3) is 0 Å². The zero-order valence-electron chi connectivity index (χ0n) is 14.8. The second kappa shape index (κ2) is 6.90. The summed E-state index contributed by atoms with van der Waals surface area (Å²) in [6.07, 6.45) is 0. The van der Waals surface area contributed by atoms with E-state index < -0.39 is 50.0 Å².